The predicted molar refractivity (Wildman–Crippen MR) is 165 cm³/mol. The molecule has 0 saturated carbocycles. The van der Waals surface area contributed by atoms with E-state index in [9.17, 15) is 0 Å². The Morgan fingerprint density at radius 2 is 0.846 bits per heavy atom. The molecule has 6 aromatic carbocycles. The molecule has 0 spiro atoms. The number of halogens is 1. The van der Waals surface area contributed by atoms with E-state index in [0.29, 0.717) is 0 Å². The van der Waals surface area contributed by atoms with E-state index < -0.39 is 5.41 Å². The van der Waals surface area contributed by atoms with Crippen molar-refractivity contribution in [3.05, 3.63) is 201 Å². The fourth-order valence-corrected chi connectivity index (χ4v) is 6.89. The van der Waals surface area contributed by atoms with Gasteiger partial charge in [0, 0.05) is 10.4 Å². The minimum atomic E-state index is -0.426. The molecule has 0 saturated heterocycles. The molecule has 0 amide bonds. The van der Waals surface area contributed by atoms with Gasteiger partial charge >= 0.3 is 0 Å². The molecule has 1 aliphatic carbocycles. The van der Waals surface area contributed by atoms with Gasteiger partial charge < -0.3 is 0 Å². The van der Waals surface area contributed by atoms with Gasteiger partial charge in [0.15, 0.2) is 0 Å². The molecule has 0 fully saturated rings. The monoisotopic (exact) mass is 562 g/mol. The van der Waals surface area contributed by atoms with Crippen LogP contribution in [-0.4, -0.2) is 0 Å². The van der Waals surface area contributed by atoms with Crippen molar-refractivity contribution < 1.29 is 0 Å². The third-order valence-electron chi connectivity index (χ3n) is 8.14. The Morgan fingerprint density at radius 3 is 1.36 bits per heavy atom. The predicted octanol–water partition coefficient (Wildman–Crippen LogP) is 9.99. The molecular weight excluding hydrogens is 536 g/mol. The second-order valence-corrected chi connectivity index (χ2v) is 11.1. The van der Waals surface area contributed by atoms with Crippen molar-refractivity contribution >= 4 is 15.9 Å². The van der Waals surface area contributed by atoms with E-state index in [-0.39, 0.29) is 5.92 Å². The number of benzene rings is 6. The maximum absolute atomic E-state index is 3.81. The summed E-state index contributed by atoms with van der Waals surface area (Å²) in [5.41, 5.74) is 11.3. The van der Waals surface area contributed by atoms with E-state index in [2.05, 4.69) is 174 Å². The molecule has 0 atom stereocenters. The van der Waals surface area contributed by atoms with Crippen LogP contribution in [0, 0.1) is 0 Å². The van der Waals surface area contributed by atoms with Crippen LogP contribution >= 0.6 is 15.9 Å². The highest BCUT2D eigenvalue weighted by Gasteiger charge is 2.46. The van der Waals surface area contributed by atoms with Gasteiger partial charge in [-0.05, 0) is 62.2 Å². The van der Waals surface area contributed by atoms with E-state index in [4.69, 9.17) is 0 Å². The lowest BCUT2D eigenvalue weighted by atomic mass is 9.67. The van der Waals surface area contributed by atoms with Gasteiger partial charge in [-0.2, -0.15) is 0 Å². The lowest BCUT2D eigenvalue weighted by Crippen LogP contribution is -2.28. The largest absolute Gasteiger partial charge is 0.0714 e. The summed E-state index contributed by atoms with van der Waals surface area (Å²) in [5.74, 6) is 0.136. The highest BCUT2D eigenvalue weighted by molar-refractivity contribution is 9.10. The second kappa shape index (κ2) is 9.84. The van der Waals surface area contributed by atoms with Crippen molar-refractivity contribution in [2.24, 2.45) is 0 Å². The minimum Gasteiger partial charge on any atom is -0.0622 e. The zero-order chi connectivity index (χ0) is 26.2. The maximum Gasteiger partial charge on any atom is 0.0714 e. The minimum absolute atomic E-state index is 0.136. The van der Waals surface area contributed by atoms with Crippen LogP contribution in [0.4, 0.5) is 0 Å². The number of hydrogen-bond acceptors (Lipinski definition) is 0. The molecular formula is C38H27Br. The van der Waals surface area contributed by atoms with Crippen molar-refractivity contribution in [1.29, 1.82) is 0 Å². The fraction of sp³-hybridized carbons (Fsp3) is 0.0526. The van der Waals surface area contributed by atoms with Gasteiger partial charge in [-0.25, -0.2) is 0 Å². The molecule has 0 radical (unpaired) electrons. The SMILES string of the molecule is Brc1ccc2c(c1)C(c1ccccc1)(c1ccccc1)c1cc(C(c3ccccc3)c3ccccc3)ccc1-2. The van der Waals surface area contributed by atoms with Crippen molar-refractivity contribution in [1.82, 2.24) is 0 Å². The summed E-state index contributed by atoms with van der Waals surface area (Å²) in [7, 11) is 0. The summed E-state index contributed by atoms with van der Waals surface area (Å²) in [6.07, 6.45) is 0. The molecule has 1 heteroatoms. The van der Waals surface area contributed by atoms with Gasteiger partial charge in [-0.3, -0.25) is 0 Å². The van der Waals surface area contributed by atoms with Crippen molar-refractivity contribution in [2.75, 3.05) is 0 Å². The van der Waals surface area contributed by atoms with Gasteiger partial charge in [0.1, 0.15) is 0 Å². The van der Waals surface area contributed by atoms with Gasteiger partial charge in [-0.1, -0.05) is 162 Å². The third kappa shape index (κ3) is 3.88. The van der Waals surface area contributed by atoms with E-state index in [1.165, 1.54) is 50.1 Å². The van der Waals surface area contributed by atoms with Crippen molar-refractivity contribution in [3.63, 3.8) is 0 Å². The first kappa shape index (κ1) is 23.9. The normalized spacial score (nSPS) is 13.2. The van der Waals surface area contributed by atoms with E-state index in [1.807, 2.05) is 0 Å². The molecule has 39 heavy (non-hydrogen) atoms. The Hall–Kier alpha value is -4.20. The molecule has 0 heterocycles. The first-order valence-electron chi connectivity index (χ1n) is 13.4. The topological polar surface area (TPSA) is 0 Å². The van der Waals surface area contributed by atoms with Crippen LogP contribution in [0.15, 0.2) is 162 Å². The molecule has 0 bridgehead atoms. The van der Waals surface area contributed by atoms with Gasteiger partial charge in [0.2, 0.25) is 0 Å². The van der Waals surface area contributed by atoms with Gasteiger partial charge in [-0.15, -0.1) is 0 Å². The second-order valence-electron chi connectivity index (χ2n) is 10.2. The molecule has 0 N–H and O–H groups in total. The third-order valence-corrected chi connectivity index (χ3v) is 8.63. The Morgan fingerprint density at radius 1 is 0.410 bits per heavy atom. The Labute approximate surface area is 238 Å². The van der Waals surface area contributed by atoms with Crippen molar-refractivity contribution in [3.8, 4) is 11.1 Å². The van der Waals surface area contributed by atoms with Crippen LogP contribution in [0.1, 0.15) is 44.9 Å². The first-order chi connectivity index (χ1) is 19.3. The molecule has 0 aliphatic heterocycles. The summed E-state index contributed by atoms with van der Waals surface area (Å²) >= 11 is 3.81. The quantitative estimate of drug-likeness (QED) is 0.183. The summed E-state index contributed by atoms with van der Waals surface area (Å²) in [4.78, 5) is 0. The van der Waals surface area contributed by atoms with Crippen LogP contribution in [0.5, 0.6) is 0 Å². The summed E-state index contributed by atoms with van der Waals surface area (Å²) < 4.78 is 1.09. The van der Waals surface area contributed by atoms with Crippen LogP contribution < -0.4 is 0 Å². The van der Waals surface area contributed by atoms with E-state index >= 15 is 0 Å². The maximum atomic E-state index is 3.81. The standard InChI is InChI=1S/C38H27Br/c39-32-22-24-34-33-23-21-29(37(27-13-5-1-6-14-27)28-15-7-2-8-16-28)25-35(33)38(36(34)26-32,30-17-9-3-10-18-30)31-19-11-4-12-20-31/h1-26,37H. The molecule has 6 aromatic rings. The van der Waals surface area contributed by atoms with Crippen LogP contribution in [-0.2, 0) is 5.41 Å². The number of fused-ring (bicyclic) bond motifs is 3. The van der Waals surface area contributed by atoms with Crippen LogP contribution in [0.2, 0.25) is 0 Å². The zero-order valence-corrected chi connectivity index (χ0v) is 23.1. The summed E-state index contributed by atoms with van der Waals surface area (Å²) in [6, 6.07) is 57.7. The molecule has 7 rings (SSSR count). The lowest BCUT2D eigenvalue weighted by molar-refractivity contribution is 0.764. The average molecular weight is 564 g/mol. The van der Waals surface area contributed by atoms with E-state index in [0.717, 1.165) is 4.47 Å². The fourth-order valence-electron chi connectivity index (χ4n) is 6.53. The smallest absolute Gasteiger partial charge is 0.0622 e. The Bertz CT molecular complexity index is 1660. The molecule has 0 unspecified atom stereocenters. The summed E-state index contributed by atoms with van der Waals surface area (Å²) in [5, 5.41) is 0. The average Bonchev–Trinajstić information content (AvgIpc) is 3.29. The van der Waals surface area contributed by atoms with Crippen LogP contribution in [0.3, 0.4) is 0 Å². The highest BCUT2D eigenvalue weighted by Crippen LogP contribution is 2.57. The number of rotatable bonds is 5. The zero-order valence-electron chi connectivity index (χ0n) is 21.5. The first-order valence-corrected chi connectivity index (χ1v) is 14.2. The lowest BCUT2D eigenvalue weighted by Gasteiger charge is -2.34. The Kier molecular flexibility index (Phi) is 6.02. The van der Waals surface area contributed by atoms with E-state index in [1.54, 1.807) is 0 Å². The molecule has 0 aromatic heterocycles. The number of hydrogen-bond donors (Lipinski definition) is 0. The molecule has 1 aliphatic rings. The highest BCUT2D eigenvalue weighted by atomic mass is 79.9. The summed E-state index contributed by atoms with van der Waals surface area (Å²) in [6.45, 7) is 0. The van der Waals surface area contributed by atoms with Gasteiger partial charge in [0.25, 0.3) is 0 Å². The van der Waals surface area contributed by atoms with Gasteiger partial charge in [0.05, 0.1) is 5.41 Å². The molecule has 0 nitrogen and oxygen atoms in total. The molecule has 186 valence electrons. The van der Waals surface area contributed by atoms with Crippen molar-refractivity contribution in [2.45, 2.75) is 11.3 Å². The van der Waals surface area contributed by atoms with Crippen LogP contribution in [0.25, 0.3) is 11.1 Å². The Balaban J connectivity index is 1.56.